The van der Waals surface area contributed by atoms with Crippen LogP contribution in [-0.4, -0.2) is 34.0 Å². The molecule has 0 saturated carbocycles. The summed E-state index contributed by atoms with van der Waals surface area (Å²) in [6, 6.07) is 24.6. The van der Waals surface area contributed by atoms with E-state index >= 15 is 0 Å². The first-order valence-corrected chi connectivity index (χ1v) is 12.6. The van der Waals surface area contributed by atoms with E-state index in [1.54, 1.807) is 24.4 Å². The summed E-state index contributed by atoms with van der Waals surface area (Å²) in [4.78, 5) is 38.2. The Balaban J connectivity index is 1.31. The molecule has 39 heavy (non-hydrogen) atoms. The van der Waals surface area contributed by atoms with Gasteiger partial charge in [0.2, 0.25) is 11.7 Å². The molecular weight excluding hydrogens is 490 g/mol. The molecular formula is C30H27N7O2. The summed E-state index contributed by atoms with van der Waals surface area (Å²) < 4.78 is 0. The van der Waals surface area contributed by atoms with Crippen molar-refractivity contribution in [3.8, 4) is 6.07 Å². The van der Waals surface area contributed by atoms with Gasteiger partial charge in [-0.25, -0.2) is 9.98 Å². The molecule has 4 aromatic rings. The third-order valence-corrected chi connectivity index (χ3v) is 6.58. The van der Waals surface area contributed by atoms with Gasteiger partial charge in [0, 0.05) is 25.7 Å². The average molecular weight is 518 g/mol. The van der Waals surface area contributed by atoms with E-state index in [1.807, 2.05) is 54.6 Å². The van der Waals surface area contributed by atoms with Crippen LogP contribution in [0.15, 0.2) is 84.0 Å². The fourth-order valence-corrected chi connectivity index (χ4v) is 4.59. The van der Waals surface area contributed by atoms with Crippen molar-refractivity contribution in [1.29, 1.82) is 5.26 Å². The van der Waals surface area contributed by atoms with Crippen LogP contribution < -0.4 is 16.4 Å². The number of benzene rings is 3. The van der Waals surface area contributed by atoms with Crippen LogP contribution in [0.1, 0.15) is 28.7 Å². The molecule has 0 aliphatic carbocycles. The predicted octanol–water partition coefficient (Wildman–Crippen LogP) is 3.49. The molecule has 0 bridgehead atoms. The Bertz CT molecular complexity index is 1630. The number of ketones is 1. The number of H-pyrrole nitrogens is 1. The highest BCUT2D eigenvalue weighted by Gasteiger charge is 2.32. The standard InChI is InChI=1S/C30H27N7O2/c31-16-20-7-4-8-22(13-20)24-18-35-29(33-12-11-19-5-2-1-3-6-19)28(39)23(24)15-27(38)34-17-21-9-10-25-26(14-21)37-30(32)36-25/h1-10,13-14,18,23H,11-12,15,17H2,(H,33,35)(H,34,38)(H3,32,36,37). The summed E-state index contributed by atoms with van der Waals surface area (Å²) >= 11 is 0. The zero-order valence-electron chi connectivity index (χ0n) is 21.1. The van der Waals surface area contributed by atoms with E-state index in [9.17, 15) is 14.9 Å². The molecule has 0 radical (unpaired) electrons. The van der Waals surface area contributed by atoms with Crippen molar-refractivity contribution in [2.75, 3.05) is 12.3 Å². The van der Waals surface area contributed by atoms with Gasteiger partial charge in [0.05, 0.1) is 28.6 Å². The van der Waals surface area contributed by atoms with E-state index < -0.39 is 5.92 Å². The zero-order chi connectivity index (χ0) is 27.2. The third kappa shape index (κ3) is 6.02. The summed E-state index contributed by atoms with van der Waals surface area (Å²) in [5.41, 5.74) is 11.0. The fourth-order valence-electron chi connectivity index (χ4n) is 4.59. The molecule has 0 fully saturated rings. The van der Waals surface area contributed by atoms with Gasteiger partial charge in [-0.05, 0) is 52.9 Å². The highest BCUT2D eigenvalue weighted by Crippen LogP contribution is 2.31. The number of nitrogen functional groups attached to an aromatic ring is 1. The number of rotatable bonds is 8. The molecule has 1 amide bonds. The number of carbonyl (C=O) groups excluding carboxylic acids is 2. The molecule has 3 aromatic carbocycles. The van der Waals surface area contributed by atoms with Crippen LogP contribution in [0.2, 0.25) is 0 Å². The number of Topliss-reactive ketones (excluding diaryl/α,β-unsaturated/α-hetero) is 1. The largest absolute Gasteiger partial charge is 0.369 e. The van der Waals surface area contributed by atoms with Crippen LogP contribution in [0.25, 0.3) is 16.6 Å². The minimum Gasteiger partial charge on any atom is -0.369 e. The number of amidine groups is 1. The predicted molar refractivity (Wildman–Crippen MR) is 150 cm³/mol. The lowest BCUT2D eigenvalue weighted by Gasteiger charge is -2.24. The van der Waals surface area contributed by atoms with Gasteiger partial charge >= 0.3 is 0 Å². The lowest BCUT2D eigenvalue weighted by atomic mass is 9.84. The number of nitrogens with zero attached hydrogens (tertiary/aromatic N) is 3. The normalized spacial score (nSPS) is 14.8. The number of aromatic nitrogens is 2. The Morgan fingerprint density at radius 2 is 1.90 bits per heavy atom. The number of nitrogens with two attached hydrogens (primary N) is 1. The number of carbonyl (C=O) groups is 2. The highest BCUT2D eigenvalue weighted by atomic mass is 16.2. The maximum absolute atomic E-state index is 13.6. The smallest absolute Gasteiger partial charge is 0.221 e. The Morgan fingerprint density at radius 1 is 1.05 bits per heavy atom. The van der Waals surface area contributed by atoms with Crippen LogP contribution in [0.5, 0.6) is 0 Å². The first kappa shape index (κ1) is 25.4. The van der Waals surface area contributed by atoms with Crippen LogP contribution in [-0.2, 0) is 22.6 Å². The summed E-state index contributed by atoms with van der Waals surface area (Å²) in [5, 5.41) is 15.4. The molecule has 1 aromatic heterocycles. The second-order valence-corrected chi connectivity index (χ2v) is 9.29. The first-order valence-electron chi connectivity index (χ1n) is 12.6. The number of nitriles is 1. The van der Waals surface area contributed by atoms with Gasteiger partial charge in [0.25, 0.3) is 0 Å². The topological polar surface area (TPSA) is 149 Å². The monoisotopic (exact) mass is 517 g/mol. The Labute approximate surface area is 225 Å². The lowest BCUT2D eigenvalue weighted by Crippen LogP contribution is -2.40. The van der Waals surface area contributed by atoms with Gasteiger partial charge in [-0.1, -0.05) is 48.5 Å². The van der Waals surface area contributed by atoms with Crippen LogP contribution in [0, 0.1) is 17.2 Å². The molecule has 0 saturated heterocycles. The second-order valence-electron chi connectivity index (χ2n) is 9.29. The number of hydrogen-bond acceptors (Lipinski definition) is 7. The number of fused-ring (bicyclic) bond motifs is 1. The summed E-state index contributed by atoms with van der Waals surface area (Å²) in [5.74, 6) is -0.716. The van der Waals surface area contributed by atoms with Crippen LogP contribution in [0.3, 0.4) is 0 Å². The zero-order valence-corrected chi connectivity index (χ0v) is 21.1. The number of hydrogen-bond donors (Lipinski definition) is 4. The molecule has 2 heterocycles. The second kappa shape index (κ2) is 11.4. The molecule has 1 aliphatic heterocycles. The van der Waals surface area contributed by atoms with Crippen molar-refractivity contribution < 1.29 is 9.59 Å². The Morgan fingerprint density at radius 3 is 2.72 bits per heavy atom. The molecule has 5 rings (SSSR count). The first-order chi connectivity index (χ1) is 19.0. The van der Waals surface area contributed by atoms with Gasteiger partial charge in [0.15, 0.2) is 11.8 Å². The number of anilines is 1. The molecule has 9 heteroatoms. The minimum absolute atomic E-state index is 0.0555. The molecule has 194 valence electrons. The van der Waals surface area contributed by atoms with Gasteiger partial charge in [-0.3, -0.25) is 9.59 Å². The number of amides is 1. The highest BCUT2D eigenvalue weighted by molar-refractivity contribution is 6.42. The molecule has 9 nitrogen and oxygen atoms in total. The molecule has 1 aliphatic rings. The van der Waals surface area contributed by atoms with Crippen molar-refractivity contribution in [3.63, 3.8) is 0 Å². The Hall–Kier alpha value is -5.23. The quantitative estimate of drug-likeness (QED) is 0.281. The van der Waals surface area contributed by atoms with E-state index in [2.05, 4.69) is 31.7 Å². The van der Waals surface area contributed by atoms with Gasteiger partial charge in [-0.2, -0.15) is 5.26 Å². The maximum Gasteiger partial charge on any atom is 0.221 e. The Kier molecular flexibility index (Phi) is 7.46. The molecule has 1 atom stereocenters. The molecule has 0 spiro atoms. The lowest BCUT2D eigenvalue weighted by molar-refractivity contribution is -0.125. The van der Waals surface area contributed by atoms with Crippen molar-refractivity contribution in [1.82, 2.24) is 20.6 Å². The van der Waals surface area contributed by atoms with Gasteiger partial charge in [0.1, 0.15) is 0 Å². The number of allylic oxidation sites excluding steroid dienone is 1. The van der Waals surface area contributed by atoms with Crippen molar-refractivity contribution >= 4 is 40.1 Å². The SMILES string of the molecule is N#Cc1cccc(C2=CN=C(NCCc3ccccc3)C(=O)C2CC(=O)NCc2ccc3nc(N)[nH]c3c2)c1. The fraction of sp³-hybridized carbons (Fsp3) is 0.167. The van der Waals surface area contributed by atoms with E-state index in [0.29, 0.717) is 29.2 Å². The van der Waals surface area contributed by atoms with Crippen LogP contribution >= 0.6 is 0 Å². The number of nitrogens with one attached hydrogen (secondary N) is 3. The van der Waals surface area contributed by atoms with Crippen LogP contribution in [0.4, 0.5) is 5.95 Å². The summed E-state index contributed by atoms with van der Waals surface area (Å²) in [7, 11) is 0. The van der Waals surface area contributed by atoms with E-state index in [4.69, 9.17) is 5.73 Å². The average Bonchev–Trinajstić information content (AvgIpc) is 3.33. The summed E-state index contributed by atoms with van der Waals surface area (Å²) in [6.45, 7) is 0.815. The minimum atomic E-state index is -0.745. The molecule has 1 unspecified atom stereocenters. The number of imidazole rings is 1. The van der Waals surface area contributed by atoms with E-state index in [0.717, 1.165) is 28.6 Å². The maximum atomic E-state index is 13.6. The van der Waals surface area contributed by atoms with Gasteiger partial charge < -0.3 is 21.4 Å². The van der Waals surface area contributed by atoms with E-state index in [-0.39, 0.29) is 30.5 Å². The third-order valence-electron chi connectivity index (χ3n) is 6.58. The summed E-state index contributed by atoms with van der Waals surface area (Å²) in [6.07, 6.45) is 2.29. The van der Waals surface area contributed by atoms with Crippen molar-refractivity contribution in [2.45, 2.75) is 19.4 Å². The van der Waals surface area contributed by atoms with Crippen molar-refractivity contribution in [3.05, 3.63) is 101 Å². The molecule has 5 N–H and O–H groups in total. The van der Waals surface area contributed by atoms with Gasteiger partial charge in [-0.15, -0.1) is 0 Å². The number of aromatic amines is 1. The number of aliphatic imine (C=N–C) groups is 1. The van der Waals surface area contributed by atoms with Crippen molar-refractivity contribution in [2.24, 2.45) is 10.9 Å². The van der Waals surface area contributed by atoms with E-state index in [1.165, 1.54) is 0 Å².